The van der Waals surface area contributed by atoms with Crippen LogP contribution in [0, 0.1) is 5.82 Å². The zero-order valence-electron chi connectivity index (χ0n) is 23.8. The molecule has 0 saturated carbocycles. The summed E-state index contributed by atoms with van der Waals surface area (Å²) < 4.78 is 45.1. The number of halogens is 1. The highest BCUT2D eigenvalue weighted by atomic mass is 32.2. The number of aryl methyl sites for hydroxylation is 1. The number of aromatic nitrogens is 2. The van der Waals surface area contributed by atoms with Crippen molar-refractivity contribution in [2.24, 2.45) is 7.05 Å². The summed E-state index contributed by atoms with van der Waals surface area (Å²) in [6.07, 6.45) is -0.916. The van der Waals surface area contributed by atoms with Gasteiger partial charge in [0.15, 0.2) is 27.2 Å². The van der Waals surface area contributed by atoms with Crippen molar-refractivity contribution >= 4 is 21.7 Å². The number of carbonyl (C=O) groups excluding carboxylic acids is 1. The van der Waals surface area contributed by atoms with E-state index in [1.54, 1.807) is 19.9 Å². The Morgan fingerprint density at radius 1 is 1.17 bits per heavy atom. The van der Waals surface area contributed by atoms with Gasteiger partial charge in [0.2, 0.25) is 0 Å². The molecule has 10 nitrogen and oxygen atoms in total. The monoisotopic (exact) mass is 587 g/mol. The van der Waals surface area contributed by atoms with Crippen LogP contribution >= 0.6 is 0 Å². The van der Waals surface area contributed by atoms with E-state index in [2.05, 4.69) is 10.4 Å². The first-order valence-corrected chi connectivity index (χ1v) is 14.7. The lowest BCUT2D eigenvalue weighted by atomic mass is 9.84. The highest BCUT2D eigenvalue weighted by molar-refractivity contribution is 7.90. The van der Waals surface area contributed by atoms with Crippen molar-refractivity contribution in [3.05, 3.63) is 80.9 Å². The average molecular weight is 588 g/mol. The van der Waals surface area contributed by atoms with Gasteiger partial charge in [0.25, 0.3) is 5.56 Å². The fraction of sp³-hybridized carbons (Fsp3) is 0.379. The largest absolute Gasteiger partial charge is 0.494 e. The molecule has 0 aliphatic heterocycles. The zero-order chi connectivity index (χ0) is 30.7. The molecular weight excluding hydrogens is 553 g/mol. The topological polar surface area (TPSA) is 145 Å². The van der Waals surface area contributed by atoms with Gasteiger partial charge < -0.3 is 15.2 Å². The summed E-state index contributed by atoms with van der Waals surface area (Å²) in [5.74, 6) is -2.02. The standard InChI is InChI=1S/C29H34FN3O7S/c1-7-41(38,39)16-18-8-10-20(27(35)19-9-11-23(30)24(13-19)40-6)22(12-18)26-21(14-25(34)33(5)32-26)17(2)15-29(3,4)31-28(36)37/h8-14,17,31H,7,15-16H2,1-6H3,(H,36,37). The maximum Gasteiger partial charge on any atom is 0.405 e. The van der Waals surface area contributed by atoms with Crippen molar-refractivity contribution in [2.45, 2.75) is 51.3 Å². The molecule has 1 heterocycles. The minimum absolute atomic E-state index is 0.0789. The van der Waals surface area contributed by atoms with Gasteiger partial charge in [0.05, 0.1) is 18.6 Å². The Bertz CT molecular complexity index is 1650. The number of ketones is 1. The number of benzene rings is 2. The SMILES string of the molecule is CCS(=O)(=O)Cc1ccc(C(=O)c2ccc(F)c(OC)c2)c(-c2nn(C)c(=O)cc2C(C)CC(C)(C)NC(=O)O)c1. The molecule has 2 N–H and O–H groups in total. The number of carboxylic acid groups (broad SMARTS) is 1. The lowest BCUT2D eigenvalue weighted by Crippen LogP contribution is -2.43. The molecule has 1 unspecified atom stereocenters. The Labute approximate surface area is 238 Å². The van der Waals surface area contributed by atoms with Crippen LogP contribution in [0.1, 0.15) is 67.1 Å². The maximum atomic E-state index is 14.1. The summed E-state index contributed by atoms with van der Waals surface area (Å²) in [6.45, 7) is 6.76. The summed E-state index contributed by atoms with van der Waals surface area (Å²) in [5.41, 5.74) is 0.405. The van der Waals surface area contributed by atoms with Crippen molar-refractivity contribution < 1.29 is 32.2 Å². The smallest absolute Gasteiger partial charge is 0.405 e. The van der Waals surface area contributed by atoms with E-state index in [0.29, 0.717) is 11.1 Å². The minimum atomic E-state index is -3.43. The van der Waals surface area contributed by atoms with Crippen LogP contribution in [0.15, 0.2) is 47.3 Å². The maximum absolute atomic E-state index is 14.1. The number of rotatable bonds is 11. The summed E-state index contributed by atoms with van der Waals surface area (Å²) in [6, 6.07) is 9.68. The third-order valence-electron chi connectivity index (χ3n) is 6.74. The molecule has 2 aromatic carbocycles. The molecule has 220 valence electrons. The second-order valence-corrected chi connectivity index (χ2v) is 12.9. The van der Waals surface area contributed by atoms with E-state index in [1.165, 1.54) is 51.4 Å². The number of sulfone groups is 1. The van der Waals surface area contributed by atoms with Gasteiger partial charge in [0.1, 0.15) is 0 Å². The molecule has 0 saturated heterocycles. The highest BCUT2D eigenvalue weighted by Gasteiger charge is 2.28. The van der Waals surface area contributed by atoms with Crippen LogP contribution in [0.25, 0.3) is 11.3 Å². The summed E-state index contributed by atoms with van der Waals surface area (Å²) in [4.78, 5) is 37.8. The van der Waals surface area contributed by atoms with E-state index in [1.807, 2.05) is 6.92 Å². The van der Waals surface area contributed by atoms with Crippen LogP contribution in [0.5, 0.6) is 5.75 Å². The molecule has 3 aromatic rings. The summed E-state index contributed by atoms with van der Waals surface area (Å²) in [7, 11) is -0.696. The van der Waals surface area contributed by atoms with Gasteiger partial charge in [-0.1, -0.05) is 26.0 Å². The Morgan fingerprint density at radius 2 is 1.85 bits per heavy atom. The number of hydrogen-bond acceptors (Lipinski definition) is 7. The van der Waals surface area contributed by atoms with Crippen molar-refractivity contribution in [3.8, 4) is 17.0 Å². The Kier molecular flexibility index (Phi) is 9.37. The number of amides is 1. The number of ether oxygens (including phenoxy) is 1. The van der Waals surface area contributed by atoms with Gasteiger partial charge in [-0.25, -0.2) is 22.3 Å². The fourth-order valence-corrected chi connectivity index (χ4v) is 5.63. The number of hydrogen-bond donors (Lipinski definition) is 2. The van der Waals surface area contributed by atoms with Crippen LogP contribution in [0.2, 0.25) is 0 Å². The zero-order valence-corrected chi connectivity index (χ0v) is 24.6. The lowest BCUT2D eigenvalue weighted by Gasteiger charge is -2.29. The quantitative estimate of drug-likeness (QED) is 0.316. The molecule has 41 heavy (non-hydrogen) atoms. The number of carbonyl (C=O) groups is 2. The molecule has 0 spiro atoms. The molecular formula is C29H34FN3O7S. The van der Waals surface area contributed by atoms with Crippen molar-refractivity contribution in [1.82, 2.24) is 15.1 Å². The minimum Gasteiger partial charge on any atom is -0.494 e. The summed E-state index contributed by atoms with van der Waals surface area (Å²) >= 11 is 0. The second kappa shape index (κ2) is 12.2. The Morgan fingerprint density at radius 3 is 2.46 bits per heavy atom. The van der Waals surface area contributed by atoms with Crippen LogP contribution in [0.3, 0.4) is 0 Å². The van der Waals surface area contributed by atoms with E-state index >= 15 is 0 Å². The molecule has 0 radical (unpaired) electrons. The first kappa shape index (κ1) is 31.5. The van der Waals surface area contributed by atoms with Gasteiger partial charge in [-0.05, 0) is 61.6 Å². The van der Waals surface area contributed by atoms with Gasteiger partial charge >= 0.3 is 6.09 Å². The van der Waals surface area contributed by atoms with Crippen molar-refractivity contribution in [1.29, 1.82) is 0 Å². The molecule has 1 aromatic heterocycles. The van der Waals surface area contributed by atoms with Crippen molar-refractivity contribution in [2.75, 3.05) is 12.9 Å². The van der Waals surface area contributed by atoms with Crippen molar-refractivity contribution in [3.63, 3.8) is 0 Å². The molecule has 0 bridgehead atoms. The van der Waals surface area contributed by atoms with E-state index in [-0.39, 0.29) is 46.1 Å². The first-order valence-electron chi connectivity index (χ1n) is 12.9. The van der Waals surface area contributed by atoms with E-state index in [9.17, 15) is 32.3 Å². The molecule has 1 amide bonds. The molecule has 0 aliphatic rings. The van der Waals surface area contributed by atoms with Crippen LogP contribution in [-0.2, 0) is 22.6 Å². The Balaban J connectivity index is 2.28. The Hall–Kier alpha value is -4.06. The predicted octanol–water partition coefficient (Wildman–Crippen LogP) is 4.30. The first-order chi connectivity index (χ1) is 19.1. The van der Waals surface area contributed by atoms with Crippen LogP contribution in [0.4, 0.5) is 9.18 Å². The molecule has 1 atom stereocenters. The lowest BCUT2D eigenvalue weighted by molar-refractivity contribution is 0.103. The highest BCUT2D eigenvalue weighted by Crippen LogP contribution is 2.35. The fourth-order valence-electron chi connectivity index (χ4n) is 4.74. The van der Waals surface area contributed by atoms with Gasteiger partial charge in [-0.15, -0.1) is 0 Å². The van der Waals surface area contributed by atoms with E-state index in [0.717, 1.165) is 10.7 Å². The van der Waals surface area contributed by atoms with E-state index in [4.69, 9.17) is 4.74 Å². The van der Waals surface area contributed by atoms with Gasteiger partial charge in [0, 0.05) is 41.1 Å². The second-order valence-electron chi connectivity index (χ2n) is 10.6. The number of nitrogens with zero attached hydrogens (tertiary/aromatic N) is 2. The summed E-state index contributed by atoms with van der Waals surface area (Å²) in [5, 5.41) is 16.2. The molecule has 12 heteroatoms. The van der Waals surface area contributed by atoms with Gasteiger partial charge in [-0.3, -0.25) is 9.59 Å². The van der Waals surface area contributed by atoms with E-state index < -0.39 is 44.5 Å². The van der Waals surface area contributed by atoms with Crippen LogP contribution < -0.4 is 15.6 Å². The molecule has 0 aliphatic carbocycles. The normalized spacial score (nSPS) is 12.6. The third kappa shape index (κ3) is 7.57. The average Bonchev–Trinajstić information content (AvgIpc) is 2.88. The number of nitrogens with one attached hydrogen (secondary N) is 1. The number of methoxy groups -OCH3 is 1. The van der Waals surface area contributed by atoms with Gasteiger partial charge in [-0.2, -0.15) is 5.10 Å². The molecule has 0 fully saturated rings. The molecule has 3 rings (SSSR count). The van der Waals surface area contributed by atoms with Crippen LogP contribution in [-0.4, -0.2) is 53.6 Å². The third-order valence-corrected chi connectivity index (χ3v) is 8.39. The predicted molar refractivity (Wildman–Crippen MR) is 153 cm³/mol.